The maximum Gasteiger partial charge on any atom is 0.145 e. The lowest BCUT2D eigenvalue weighted by Gasteiger charge is -2.15. The number of hydrogen-bond acceptors (Lipinski definition) is 2. The van der Waals surface area contributed by atoms with Crippen molar-refractivity contribution >= 4 is 43.9 Å². The second kappa shape index (κ2) is 5.02. The molecule has 0 aliphatic heterocycles. The Morgan fingerprint density at radius 3 is 2.71 bits per heavy atom. The van der Waals surface area contributed by atoms with Gasteiger partial charge in [-0.1, -0.05) is 42.5 Å². The van der Waals surface area contributed by atoms with Crippen LogP contribution in [0.3, 0.4) is 0 Å². The first kappa shape index (κ1) is 12.3. The quantitative estimate of drug-likeness (QED) is 0.879. The molecule has 0 saturated carbocycles. The van der Waals surface area contributed by atoms with Crippen molar-refractivity contribution < 1.29 is 4.74 Å². The van der Waals surface area contributed by atoms with Gasteiger partial charge in [-0.2, -0.15) is 0 Å². The second-order valence-electron chi connectivity index (χ2n) is 3.76. The Labute approximate surface area is 114 Å². The molecular formula is C13H12BrNOS. The molecule has 1 atom stereocenters. The van der Waals surface area contributed by atoms with E-state index in [2.05, 4.69) is 22.0 Å². The number of thiocarbonyl (C=S) groups is 1. The minimum absolute atomic E-state index is 0.275. The Morgan fingerprint density at radius 2 is 2.00 bits per heavy atom. The molecule has 2 aromatic rings. The monoisotopic (exact) mass is 309 g/mol. The molecule has 0 fully saturated rings. The minimum Gasteiger partial charge on any atom is -0.482 e. The number of nitrogens with two attached hydrogens (primary N) is 1. The summed E-state index contributed by atoms with van der Waals surface area (Å²) in [6.45, 7) is 1.84. The highest BCUT2D eigenvalue weighted by molar-refractivity contribution is 9.10. The van der Waals surface area contributed by atoms with E-state index >= 15 is 0 Å². The molecule has 0 aliphatic rings. The molecule has 2 nitrogen and oxygen atoms in total. The predicted octanol–water partition coefficient (Wildman–Crippen LogP) is 3.66. The standard InChI is InChI=1S/C13H12BrNOS/c1-8(13(15)17)16-11-7-6-9-4-2-3-5-10(9)12(11)14/h2-8H,1H3,(H2,15,17). The first-order chi connectivity index (χ1) is 8.09. The van der Waals surface area contributed by atoms with Crippen molar-refractivity contribution in [2.45, 2.75) is 13.0 Å². The van der Waals surface area contributed by atoms with Crippen molar-refractivity contribution in [3.05, 3.63) is 40.9 Å². The fraction of sp³-hybridized carbons (Fsp3) is 0.154. The molecule has 4 heteroatoms. The number of fused-ring (bicyclic) bond motifs is 1. The van der Waals surface area contributed by atoms with Gasteiger partial charge >= 0.3 is 0 Å². The van der Waals surface area contributed by atoms with Crippen molar-refractivity contribution in [3.63, 3.8) is 0 Å². The Bertz CT molecular complexity index is 570. The lowest BCUT2D eigenvalue weighted by Crippen LogP contribution is -2.29. The fourth-order valence-electron chi connectivity index (χ4n) is 1.55. The van der Waals surface area contributed by atoms with E-state index in [1.165, 1.54) is 0 Å². The summed E-state index contributed by atoms with van der Waals surface area (Å²) >= 11 is 8.44. The topological polar surface area (TPSA) is 35.2 Å². The van der Waals surface area contributed by atoms with Crippen molar-refractivity contribution in [3.8, 4) is 5.75 Å². The molecule has 0 bridgehead atoms. The van der Waals surface area contributed by atoms with E-state index < -0.39 is 0 Å². The third-order valence-electron chi connectivity index (χ3n) is 2.53. The lowest BCUT2D eigenvalue weighted by molar-refractivity contribution is 0.287. The normalized spacial score (nSPS) is 12.4. The van der Waals surface area contributed by atoms with E-state index in [1.54, 1.807) is 0 Å². The van der Waals surface area contributed by atoms with Gasteiger partial charge in [0, 0.05) is 0 Å². The molecule has 0 heterocycles. The van der Waals surface area contributed by atoms with Crippen LogP contribution >= 0.6 is 28.1 Å². The highest BCUT2D eigenvalue weighted by Gasteiger charge is 2.11. The van der Waals surface area contributed by atoms with Crippen LogP contribution in [-0.2, 0) is 0 Å². The summed E-state index contributed by atoms with van der Waals surface area (Å²) in [4.78, 5) is 0.352. The molecule has 0 aliphatic carbocycles. The van der Waals surface area contributed by atoms with Crippen LogP contribution in [0.25, 0.3) is 10.8 Å². The third-order valence-corrected chi connectivity index (χ3v) is 3.68. The van der Waals surface area contributed by atoms with Gasteiger partial charge in [0.25, 0.3) is 0 Å². The summed E-state index contributed by atoms with van der Waals surface area (Å²) in [5.74, 6) is 0.754. The van der Waals surface area contributed by atoms with Crippen LogP contribution in [0, 0.1) is 0 Å². The first-order valence-electron chi connectivity index (χ1n) is 5.23. The zero-order valence-electron chi connectivity index (χ0n) is 9.31. The van der Waals surface area contributed by atoms with E-state index in [0.29, 0.717) is 4.99 Å². The van der Waals surface area contributed by atoms with Crippen molar-refractivity contribution in [1.82, 2.24) is 0 Å². The van der Waals surface area contributed by atoms with Crippen LogP contribution in [0.5, 0.6) is 5.75 Å². The summed E-state index contributed by atoms with van der Waals surface area (Å²) < 4.78 is 6.63. The van der Waals surface area contributed by atoms with Crippen LogP contribution in [0.1, 0.15) is 6.92 Å². The summed E-state index contributed by atoms with van der Waals surface area (Å²) in [6, 6.07) is 12.0. The van der Waals surface area contributed by atoms with Crippen LogP contribution < -0.4 is 10.5 Å². The van der Waals surface area contributed by atoms with Gasteiger partial charge in [0.15, 0.2) is 0 Å². The highest BCUT2D eigenvalue weighted by atomic mass is 79.9. The molecule has 0 spiro atoms. The van der Waals surface area contributed by atoms with Gasteiger partial charge in [0.1, 0.15) is 16.8 Å². The van der Waals surface area contributed by atoms with E-state index in [1.807, 2.05) is 37.3 Å². The Balaban J connectivity index is 2.42. The second-order valence-corrected chi connectivity index (χ2v) is 5.03. The van der Waals surface area contributed by atoms with Gasteiger partial charge in [-0.25, -0.2) is 0 Å². The Kier molecular flexibility index (Phi) is 3.64. The molecule has 0 radical (unpaired) electrons. The molecule has 17 heavy (non-hydrogen) atoms. The van der Waals surface area contributed by atoms with Crippen molar-refractivity contribution in [2.75, 3.05) is 0 Å². The summed E-state index contributed by atoms with van der Waals surface area (Å²) in [5, 5.41) is 2.27. The van der Waals surface area contributed by atoms with Gasteiger partial charge in [-0.15, -0.1) is 0 Å². The molecule has 0 aromatic heterocycles. The molecule has 88 valence electrons. The van der Waals surface area contributed by atoms with Gasteiger partial charge < -0.3 is 10.5 Å². The maximum absolute atomic E-state index is 5.70. The Morgan fingerprint density at radius 1 is 1.29 bits per heavy atom. The molecule has 1 unspecified atom stereocenters. The fourth-order valence-corrected chi connectivity index (χ4v) is 2.19. The SMILES string of the molecule is CC(Oc1ccc2ccccc2c1Br)C(N)=S. The lowest BCUT2D eigenvalue weighted by atomic mass is 10.1. The number of hydrogen-bond donors (Lipinski definition) is 1. The minimum atomic E-state index is -0.275. The smallest absolute Gasteiger partial charge is 0.145 e. The van der Waals surface area contributed by atoms with E-state index in [9.17, 15) is 0 Å². The molecule has 2 N–H and O–H groups in total. The van der Waals surface area contributed by atoms with Crippen LogP contribution in [0.4, 0.5) is 0 Å². The summed E-state index contributed by atoms with van der Waals surface area (Å²) in [6.07, 6.45) is -0.275. The average Bonchev–Trinajstić information content (AvgIpc) is 2.33. The van der Waals surface area contributed by atoms with Gasteiger partial charge in [0.05, 0.1) is 4.47 Å². The largest absolute Gasteiger partial charge is 0.482 e. The van der Waals surface area contributed by atoms with Crippen LogP contribution in [0.15, 0.2) is 40.9 Å². The summed E-state index contributed by atoms with van der Waals surface area (Å²) in [5.41, 5.74) is 5.54. The average molecular weight is 310 g/mol. The van der Waals surface area contributed by atoms with Crippen LogP contribution in [0.2, 0.25) is 0 Å². The van der Waals surface area contributed by atoms with E-state index in [0.717, 1.165) is 21.0 Å². The predicted molar refractivity (Wildman–Crippen MR) is 78.5 cm³/mol. The zero-order chi connectivity index (χ0) is 12.4. The van der Waals surface area contributed by atoms with Crippen LogP contribution in [-0.4, -0.2) is 11.1 Å². The number of ether oxygens (including phenoxy) is 1. The third kappa shape index (κ3) is 2.58. The molecule has 0 saturated heterocycles. The highest BCUT2D eigenvalue weighted by Crippen LogP contribution is 2.33. The Hall–Kier alpha value is -1.13. The number of benzene rings is 2. The molecular weight excluding hydrogens is 298 g/mol. The molecule has 2 aromatic carbocycles. The van der Waals surface area contributed by atoms with Gasteiger partial charge in [-0.05, 0) is 39.7 Å². The van der Waals surface area contributed by atoms with Gasteiger partial charge in [0.2, 0.25) is 0 Å². The number of halogens is 1. The van der Waals surface area contributed by atoms with Gasteiger partial charge in [-0.3, -0.25) is 0 Å². The first-order valence-corrected chi connectivity index (χ1v) is 6.43. The van der Waals surface area contributed by atoms with Crippen molar-refractivity contribution in [2.24, 2.45) is 5.73 Å². The number of rotatable bonds is 3. The molecule has 2 rings (SSSR count). The zero-order valence-corrected chi connectivity index (χ0v) is 11.7. The van der Waals surface area contributed by atoms with E-state index in [-0.39, 0.29) is 6.10 Å². The van der Waals surface area contributed by atoms with E-state index in [4.69, 9.17) is 22.7 Å². The molecule has 0 amide bonds. The van der Waals surface area contributed by atoms with Crippen molar-refractivity contribution in [1.29, 1.82) is 0 Å². The maximum atomic E-state index is 5.70. The summed E-state index contributed by atoms with van der Waals surface area (Å²) in [7, 11) is 0.